The van der Waals surface area contributed by atoms with Gasteiger partial charge in [-0.3, -0.25) is 4.79 Å². The highest BCUT2D eigenvalue weighted by atomic mass is 32.2. The van der Waals surface area contributed by atoms with Gasteiger partial charge in [0, 0.05) is 54.8 Å². The highest BCUT2D eigenvalue weighted by Gasteiger charge is 2.37. The molecule has 1 aliphatic carbocycles. The second kappa shape index (κ2) is 10.2. The number of aromatic amines is 1. The molecule has 2 atom stereocenters. The molecule has 0 radical (unpaired) electrons. The Hall–Kier alpha value is -3.23. The summed E-state index contributed by atoms with van der Waals surface area (Å²) in [6, 6.07) is 2.90. The molecular formula is C24H27F3N6O4S. The second-order valence-corrected chi connectivity index (χ2v) is 11.4. The third-order valence-corrected chi connectivity index (χ3v) is 7.92. The topological polar surface area (TPSA) is 138 Å². The van der Waals surface area contributed by atoms with Gasteiger partial charge in [-0.25, -0.2) is 18.4 Å². The van der Waals surface area contributed by atoms with Crippen LogP contribution in [0.3, 0.4) is 0 Å². The number of benzene rings is 1. The maximum Gasteiger partial charge on any atom is 0.419 e. The first-order valence-electron chi connectivity index (χ1n) is 12.2. The van der Waals surface area contributed by atoms with Gasteiger partial charge >= 0.3 is 6.18 Å². The van der Waals surface area contributed by atoms with Crippen LogP contribution >= 0.6 is 0 Å². The smallest absolute Gasteiger partial charge is 0.378 e. The van der Waals surface area contributed by atoms with Gasteiger partial charge in [-0.05, 0) is 25.3 Å². The largest absolute Gasteiger partial charge is 0.419 e. The number of anilines is 1. The van der Waals surface area contributed by atoms with E-state index in [-0.39, 0.29) is 58.1 Å². The fourth-order valence-corrected chi connectivity index (χ4v) is 6.15. The van der Waals surface area contributed by atoms with E-state index in [2.05, 4.69) is 30.9 Å². The monoisotopic (exact) mass is 552 g/mol. The first-order valence-corrected chi connectivity index (χ1v) is 14.1. The van der Waals surface area contributed by atoms with Crippen molar-refractivity contribution in [2.24, 2.45) is 0 Å². The highest BCUT2D eigenvalue weighted by molar-refractivity contribution is 7.91. The van der Waals surface area contributed by atoms with Gasteiger partial charge in [0.05, 0.1) is 30.0 Å². The highest BCUT2D eigenvalue weighted by Crippen LogP contribution is 2.40. The lowest BCUT2D eigenvalue weighted by molar-refractivity contribution is -0.137. The number of alkyl halides is 3. The van der Waals surface area contributed by atoms with E-state index in [9.17, 15) is 26.4 Å². The van der Waals surface area contributed by atoms with Crippen LogP contribution in [-0.2, 0) is 20.8 Å². The molecule has 6 rings (SSSR count). The van der Waals surface area contributed by atoms with Crippen LogP contribution in [0, 0.1) is 0 Å². The molecule has 38 heavy (non-hydrogen) atoms. The number of hydrogen-bond acceptors (Lipinski definition) is 8. The fraction of sp³-hybridized carbons (Fsp3) is 0.458. The molecule has 1 amide bonds. The number of carbonyl (C=O) groups is 1. The number of nitrogens with zero attached hydrogens (tertiary/aromatic N) is 2. The number of nitrogens with one attached hydrogen (secondary N) is 4. The van der Waals surface area contributed by atoms with Crippen LogP contribution in [0.2, 0.25) is 0 Å². The lowest BCUT2D eigenvalue weighted by Gasteiger charge is -2.17. The Morgan fingerprint density at radius 1 is 1.08 bits per heavy atom. The Balaban J connectivity index is 1.66. The maximum atomic E-state index is 14.0. The molecule has 3 aromatic rings. The first-order chi connectivity index (χ1) is 18.0. The molecule has 3 aliphatic rings. The van der Waals surface area contributed by atoms with Gasteiger partial charge in [0.15, 0.2) is 9.84 Å². The van der Waals surface area contributed by atoms with Crippen molar-refractivity contribution in [2.45, 2.75) is 42.4 Å². The van der Waals surface area contributed by atoms with Gasteiger partial charge in [-0.1, -0.05) is 6.07 Å². The molecule has 1 fully saturated rings. The maximum absolute atomic E-state index is 14.0. The molecule has 0 spiro atoms. The van der Waals surface area contributed by atoms with E-state index in [1.807, 2.05) is 0 Å². The summed E-state index contributed by atoms with van der Waals surface area (Å²) < 4.78 is 73.1. The van der Waals surface area contributed by atoms with E-state index in [1.54, 1.807) is 0 Å². The van der Waals surface area contributed by atoms with E-state index in [0.29, 0.717) is 13.2 Å². The Morgan fingerprint density at radius 3 is 2.61 bits per heavy atom. The zero-order chi connectivity index (χ0) is 27.1. The molecule has 4 N–H and O–H groups in total. The van der Waals surface area contributed by atoms with Crippen LogP contribution < -0.4 is 16.0 Å². The molecule has 0 saturated heterocycles. The third kappa shape index (κ3) is 5.33. The summed E-state index contributed by atoms with van der Waals surface area (Å²) in [4.78, 5) is 23.5. The molecule has 8 bridgehead atoms. The Morgan fingerprint density at radius 2 is 1.84 bits per heavy atom. The van der Waals surface area contributed by atoms with E-state index < -0.39 is 33.2 Å². The molecule has 1 aromatic carbocycles. The second-order valence-electron chi connectivity index (χ2n) is 9.47. The number of H-pyrrole nitrogens is 1. The number of halogens is 3. The number of fused-ring (bicyclic) bond motifs is 8. The SMILES string of the molecule is CS(=O)(=O)c1c2ccc3c(c[nH]c13)-c1nc(ncc1C(F)(F)F)N[C@H]1CC[C@@H](C1)NCCOCCNC2=O. The number of amides is 1. The van der Waals surface area contributed by atoms with Crippen molar-refractivity contribution in [3.8, 4) is 11.3 Å². The van der Waals surface area contributed by atoms with Gasteiger partial charge in [0.2, 0.25) is 5.95 Å². The van der Waals surface area contributed by atoms with Crippen molar-refractivity contribution in [1.82, 2.24) is 25.6 Å². The molecular weight excluding hydrogens is 525 g/mol. The number of sulfone groups is 1. The Kier molecular flexibility index (Phi) is 7.05. The minimum Gasteiger partial charge on any atom is -0.378 e. The van der Waals surface area contributed by atoms with Gasteiger partial charge in [0.25, 0.3) is 5.91 Å². The van der Waals surface area contributed by atoms with Crippen molar-refractivity contribution >= 4 is 32.6 Å². The molecule has 2 aromatic heterocycles. The summed E-state index contributed by atoms with van der Waals surface area (Å²) >= 11 is 0. The van der Waals surface area contributed by atoms with E-state index >= 15 is 0 Å². The van der Waals surface area contributed by atoms with Crippen molar-refractivity contribution in [3.05, 3.63) is 35.7 Å². The predicted octanol–water partition coefficient (Wildman–Crippen LogP) is 2.73. The summed E-state index contributed by atoms with van der Waals surface area (Å²) in [6.45, 7) is 1.40. The standard InChI is InChI=1S/C24H27F3N6O4S/c1-38(35,36)21-16-5-4-15-17(11-30-20(15)21)19-18(24(25,26)27)12-31-23(33-19)32-14-3-2-13(10-14)28-6-8-37-9-7-29-22(16)34/h4-5,11-14,28,30H,2-3,6-10H2,1H3,(H,29,34)(H,31,32,33)/t13-,14-/m0/s1. The summed E-state index contributed by atoms with van der Waals surface area (Å²) in [5.74, 6) is -0.592. The van der Waals surface area contributed by atoms with Crippen LogP contribution in [0.15, 0.2) is 29.4 Å². The number of ether oxygens (including phenoxy) is 1. The van der Waals surface area contributed by atoms with Crippen LogP contribution in [0.25, 0.3) is 22.2 Å². The average Bonchev–Trinajstić information content (AvgIpc) is 3.47. The predicted molar refractivity (Wildman–Crippen MR) is 134 cm³/mol. The van der Waals surface area contributed by atoms with Gasteiger partial charge in [-0.15, -0.1) is 0 Å². The lowest BCUT2D eigenvalue weighted by atomic mass is 10.0. The van der Waals surface area contributed by atoms with E-state index in [1.165, 1.54) is 18.3 Å². The number of carbonyl (C=O) groups excluding carboxylic acids is 1. The summed E-state index contributed by atoms with van der Waals surface area (Å²) in [6.07, 6.45) is 0.595. The number of hydrogen-bond donors (Lipinski definition) is 4. The van der Waals surface area contributed by atoms with Gasteiger partial charge in [-0.2, -0.15) is 13.2 Å². The molecule has 2 aliphatic heterocycles. The van der Waals surface area contributed by atoms with E-state index in [0.717, 1.165) is 31.7 Å². The van der Waals surface area contributed by atoms with Crippen molar-refractivity contribution in [2.75, 3.05) is 37.9 Å². The average molecular weight is 553 g/mol. The zero-order valence-corrected chi connectivity index (χ0v) is 21.3. The van der Waals surface area contributed by atoms with Crippen LogP contribution in [0.5, 0.6) is 0 Å². The molecule has 4 heterocycles. The minimum absolute atomic E-state index is 0.0201. The molecule has 204 valence electrons. The van der Waals surface area contributed by atoms with Crippen LogP contribution in [0.4, 0.5) is 19.1 Å². The van der Waals surface area contributed by atoms with Gasteiger partial charge < -0.3 is 25.7 Å². The quantitative estimate of drug-likeness (QED) is 0.338. The van der Waals surface area contributed by atoms with Crippen molar-refractivity contribution < 1.29 is 31.1 Å². The Bertz CT molecular complexity index is 1470. The molecule has 1 saturated carbocycles. The lowest BCUT2D eigenvalue weighted by Crippen LogP contribution is -2.32. The summed E-state index contributed by atoms with van der Waals surface area (Å²) in [7, 11) is -3.97. The molecule has 10 nitrogen and oxygen atoms in total. The Labute approximate surface area is 216 Å². The van der Waals surface area contributed by atoms with Gasteiger partial charge in [0.1, 0.15) is 10.5 Å². The zero-order valence-electron chi connectivity index (χ0n) is 20.5. The number of rotatable bonds is 1. The minimum atomic E-state index is -4.75. The molecule has 14 heteroatoms. The first kappa shape index (κ1) is 26.4. The van der Waals surface area contributed by atoms with Crippen LogP contribution in [-0.4, -0.2) is 73.9 Å². The van der Waals surface area contributed by atoms with E-state index in [4.69, 9.17) is 4.74 Å². The normalized spacial score (nSPS) is 21.4. The van der Waals surface area contributed by atoms with Crippen LogP contribution in [0.1, 0.15) is 35.2 Å². The third-order valence-electron chi connectivity index (χ3n) is 6.75. The van der Waals surface area contributed by atoms with Crippen molar-refractivity contribution in [3.63, 3.8) is 0 Å². The fourth-order valence-electron chi connectivity index (χ4n) is 5.05. The molecule has 0 unspecified atom stereocenters. The summed E-state index contributed by atoms with van der Waals surface area (Å²) in [5, 5.41) is 9.38. The van der Waals surface area contributed by atoms with Crippen molar-refractivity contribution in [1.29, 1.82) is 0 Å². The number of aromatic nitrogens is 3. The summed E-state index contributed by atoms with van der Waals surface area (Å²) in [5.41, 5.74) is -1.51.